The second kappa shape index (κ2) is 10.7. The second-order valence-corrected chi connectivity index (χ2v) is 9.74. The number of carbonyl (C=O) groups is 2. The number of carbonyl (C=O) groups excluding carboxylic acids is 1. The predicted molar refractivity (Wildman–Crippen MR) is 132 cm³/mol. The van der Waals surface area contributed by atoms with E-state index in [0.717, 1.165) is 16.9 Å². The highest BCUT2D eigenvalue weighted by atomic mass is 35.5. The number of fused-ring (bicyclic) bond motifs is 1. The van der Waals surface area contributed by atoms with Gasteiger partial charge in [0.15, 0.2) is 0 Å². The summed E-state index contributed by atoms with van der Waals surface area (Å²) in [5.74, 6) is -1.57. The standard InChI is InChI=1S/C28H26ClF2NO4/c1-28(14-20-4-2-3-5-23(20)30)15-21-12-18(7-10-25(21)36-28)8-11-26(33)32(17-27(34)35)16-19-6-9-24(31)22(29)13-19/h2-7,9-10,12-13H,8,11,14-17H2,1H3,(H,34,35)/t28-/m1/s1. The van der Waals surface area contributed by atoms with Crippen LogP contribution in [-0.2, 0) is 35.4 Å². The topological polar surface area (TPSA) is 66.8 Å². The number of aryl methyl sites for hydroxylation is 1. The zero-order valence-electron chi connectivity index (χ0n) is 19.8. The smallest absolute Gasteiger partial charge is 0.323 e. The van der Waals surface area contributed by atoms with E-state index < -0.39 is 23.9 Å². The van der Waals surface area contributed by atoms with Crippen LogP contribution in [0.25, 0.3) is 0 Å². The van der Waals surface area contributed by atoms with Gasteiger partial charge in [0.25, 0.3) is 0 Å². The minimum absolute atomic E-state index is 0.0115. The molecular weight excluding hydrogens is 488 g/mol. The van der Waals surface area contributed by atoms with Crippen molar-refractivity contribution in [1.82, 2.24) is 4.90 Å². The van der Waals surface area contributed by atoms with Crippen molar-refractivity contribution in [3.63, 3.8) is 0 Å². The van der Waals surface area contributed by atoms with Crippen molar-refractivity contribution in [2.75, 3.05) is 6.54 Å². The Bertz CT molecular complexity index is 1300. The Balaban J connectivity index is 1.40. The number of aliphatic carboxylic acids is 1. The van der Waals surface area contributed by atoms with Crippen LogP contribution in [0.5, 0.6) is 5.75 Å². The molecule has 0 saturated carbocycles. The van der Waals surface area contributed by atoms with Gasteiger partial charge in [0.05, 0.1) is 5.02 Å². The molecule has 5 nitrogen and oxygen atoms in total. The lowest BCUT2D eigenvalue weighted by Gasteiger charge is -2.24. The Morgan fingerprint density at radius 3 is 2.53 bits per heavy atom. The van der Waals surface area contributed by atoms with Crippen LogP contribution >= 0.6 is 11.6 Å². The number of nitrogens with zero attached hydrogens (tertiary/aromatic N) is 1. The zero-order valence-corrected chi connectivity index (χ0v) is 20.5. The van der Waals surface area contributed by atoms with E-state index in [2.05, 4.69) is 0 Å². The van der Waals surface area contributed by atoms with Gasteiger partial charge in [-0.05, 0) is 59.9 Å². The normalized spacial score (nSPS) is 16.3. The summed E-state index contributed by atoms with van der Waals surface area (Å²) in [6, 6.07) is 16.4. The third-order valence-corrected chi connectivity index (χ3v) is 6.52. The van der Waals surface area contributed by atoms with Crippen LogP contribution in [0.3, 0.4) is 0 Å². The second-order valence-electron chi connectivity index (χ2n) is 9.33. The highest BCUT2D eigenvalue weighted by molar-refractivity contribution is 6.30. The summed E-state index contributed by atoms with van der Waals surface area (Å²) in [6.07, 6.45) is 1.55. The van der Waals surface area contributed by atoms with Crippen molar-refractivity contribution in [2.45, 2.75) is 44.8 Å². The lowest BCUT2D eigenvalue weighted by Crippen LogP contribution is -2.35. The number of amides is 1. The summed E-state index contributed by atoms with van der Waals surface area (Å²) in [5.41, 5.74) is 2.47. The number of ether oxygens (including phenoxy) is 1. The molecule has 0 aliphatic carbocycles. The number of carboxylic acid groups (broad SMARTS) is 1. The van der Waals surface area contributed by atoms with Crippen LogP contribution in [-0.4, -0.2) is 34.0 Å². The Labute approximate surface area is 213 Å². The van der Waals surface area contributed by atoms with E-state index in [-0.39, 0.29) is 29.7 Å². The van der Waals surface area contributed by atoms with Gasteiger partial charge in [-0.3, -0.25) is 9.59 Å². The molecule has 1 N–H and O–H groups in total. The molecule has 0 unspecified atom stereocenters. The van der Waals surface area contributed by atoms with Crippen molar-refractivity contribution in [3.8, 4) is 5.75 Å². The van der Waals surface area contributed by atoms with Crippen LogP contribution in [0, 0.1) is 11.6 Å². The molecule has 4 rings (SSSR count). The zero-order chi connectivity index (χ0) is 25.9. The molecule has 188 valence electrons. The Morgan fingerprint density at radius 1 is 1.06 bits per heavy atom. The van der Waals surface area contributed by atoms with Crippen molar-refractivity contribution in [2.24, 2.45) is 0 Å². The van der Waals surface area contributed by atoms with Crippen LogP contribution in [0.1, 0.15) is 35.6 Å². The third-order valence-electron chi connectivity index (χ3n) is 6.23. The third kappa shape index (κ3) is 6.21. The maximum Gasteiger partial charge on any atom is 0.323 e. The maximum absolute atomic E-state index is 14.2. The van der Waals surface area contributed by atoms with Crippen molar-refractivity contribution >= 4 is 23.5 Å². The molecule has 0 radical (unpaired) electrons. The molecule has 36 heavy (non-hydrogen) atoms. The Morgan fingerprint density at radius 2 is 1.81 bits per heavy atom. The average Bonchev–Trinajstić information content (AvgIpc) is 3.15. The molecule has 1 aliphatic heterocycles. The monoisotopic (exact) mass is 513 g/mol. The molecule has 0 fully saturated rings. The lowest BCUT2D eigenvalue weighted by atomic mass is 9.91. The summed E-state index contributed by atoms with van der Waals surface area (Å²) in [7, 11) is 0. The molecule has 1 atom stereocenters. The summed E-state index contributed by atoms with van der Waals surface area (Å²) in [4.78, 5) is 25.4. The molecule has 0 saturated heterocycles. The number of halogens is 3. The summed E-state index contributed by atoms with van der Waals surface area (Å²) < 4.78 is 33.8. The van der Waals surface area contributed by atoms with Crippen molar-refractivity contribution in [3.05, 3.63) is 99.6 Å². The first-order valence-corrected chi connectivity index (χ1v) is 12.0. The van der Waals surface area contributed by atoms with E-state index in [4.69, 9.17) is 16.3 Å². The lowest BCUT2D eigenvalue weighted by molar-refractivity contribution is -0.144. The summed E-state index contributed by atoms with van der Waals surface area (Å²) in [6.45, 7) is 1.49. The highest BCUT2D eigenvalue weighted by Crippen LogP contribution is 2.38. The Kier molecular flexibility index (Phi) is 7.59. The van der Waals surface area contributed by atoms with Gasteiger partial charge < -0.3 is 14.7 Å². The van der Waals surface area contributed by atoms with Crippen LogP contribution in [0.4, 0.5) is 8.78 Å². The SMILES string of the molecule is C[C@@]1(Cc2ccccc2F)Cc2cc(CCC(=O)N(CC(=O)O)Cc3ccc(F)c(Cl)c3)ccc2O1. The number of hydrogen-bond acceptors (Lipinski definition) is 3. The molecule has 0 spiro atoms. The van der Waals surface area contributed by atoms with Crippen molar-refractivity contribution in [1.29, 1.82) is 0 Å². The van der Waals surface area contributed by atoms with Gasteiger partial charge in [-0.15, -0.1) is 0 Å². The average molecular weight is 514 g/mol. The highest BCUT2D eigenvalue weighted by Gasteiger charge is 2.35. The van der Waals surface area contributed by atoms with Gasteiger partial charge in [0, 0.05) is 25.8 Å². The predicted octanol–water partition coefficient (Wildman–Crippen LogP) is 5.60. The van der Waals surface area contributed by atoms with Gasteiger partial charge in [-0.25, -0.2) is 8.78 Å². The first kappa shape index (κ1) is 25.6. The minimum Gasteiger partial charge on any atom is -0.487 e. The van der Waals surface area contributed by atoms with Gasteiger partial charge in [-0.1, -0.05) is 48.0 Å². The van der Waals surface area contributed by atoms with E-state index in [1.165, 1.54) is 29.2 Å². The van der Waals surface area contributed by atoms with Crippen LogP contribution in [0.15, 0.2) is 60.7 Å². The molecule has 1 aliphatic rings. The quantitative estimate of drug-likeness (QED) is 0.404. The fourth-order valence-electron chi connectivity index (χ4n) is 4.54. The molecule has 3 aromatic rings. The summed E-state index contributed by atoms with van der Waals surface area (Å²) >= 11 is 5.82. The van der Waals surface area contributed by atoms with E-state index in [1.807, 2.05) is 25.1 Å². The molecule has 0 bridgehead atoms. The number of rotatable bonds is 9. The number of benzene rings is 3. The molecule has 1 amide bonds. The van der Waals surface area contributed by atoms with Gasteiger partial charge in [0.1, 0.15) is 29.5 Å². The van der Waals surface area contributed by atoms with Gasteiger partial charge >= 0.3 is 5.97 Å². The minimum atomic E-state index is -1.14. The van der Waals surface area contributed by atoms with Crippen LogP contribution in [0.2, 0.25) is 5.02 Å². The van der Waals surface area contributed by atoms with E-state index in [9.17, 15) is 23.5 Å². The van der Waals surface area contributed by atoms with Gasteiger partial charge in [0.2, 0.25) is 5.91 Å². The molecule has 3 aromatic carbocycles. The van der Waals surface area contributed by atoms with E-state index in [0.29, 0.717) is 30.4 Å². The van der Waals surface area contributed by atoms with E-state index in [1.54, 1.807) is 18.2 Å². The first-order chi connectivity index (χ1) is 17.1. The van der Waals surface area contributed by atoms with Crippen LogP contribution < -0.4 is 4.74 Å². The fourth-order valence-corrected chi connectivity index (χ4v) is 4.74. The van der Waals surface area contributed by atoms with Crippen molar-refractivity contribution < 1.29 is 28.2 Å². The first-order valence-electron chi connectivity index (χ1n) is 11.6. The maximum atomic E-state index is 14.2. The van der Waals surface area contributed by atoms with E-state index >= 15 is 0 Å². The largest absolute Gasteiger partial charge is 0.487 e. The summed E-state index contributed by atoms with van der Waals surface area (Å²) in [5, 5.41) is 9.17. The molecule has 0 aromatic heterocycles. The molecule has 8 heteroatoms. The number of carboxylic acids is 1. The molecule has 1 heterocycles. The number of hydrogen-bond donors (Lipinski definition) is 1. The van der Waals surface area contributed by atoms with Gasteiger partial charge in [-0.2, -0.15) is 0 Å². The fraction of sp³-hybridized carbons (Fsp3) is 0.286. The Hall–Kier alpha value is -3.45. The molecular formula is C28H26ClF2NO4.